The first-order chi connectivity index (χ1) is 26.9. The van der Waals surface area contributed by atoms with Gasteiger partial charge in [-0.1, -0.05) is 32.9 Å². The number of nitrogens with zero attached hydrogens (tertiary/aromatic N) is 2. The van der Waals surface area contributed by atoms with Gasteiger partial charge in [-0.15, -0.1) is 0 Å². The van der Waals surface area contributed by atoms with Gasteiger partial charge < -0.3 is 35.3 Å². The standard InChI is InChI=1S/C40H48BF3N6O7/c1-7-31(41-56-30-18-25-17-29(37(25,3)4)39(30,6)57-41)48-32(51)28-19-38(5,49-36(54)47-26-14-12-23(13-15-26)34(53)55-8-2)35-46-21-27(33(52)50(28)35)45-20-22-10-9-11-24(16-22)40(42,43)44/h9-16,21,25,28-31,45H,7-8,17-20H2,1-6H3,(H,48,51)(H2,47,49,54)/t25-,28-,29-,30+,31-,38+,39-/m0/s1. The van der Waals surface area contributed by atoms with Crippen molar-refractivity contribution in [3.63, 3.8) is 0 Å². The molecule has 2 aromatic carbocycles. The van der Waals surface area contributed by atoms with E-state index < -0.39 is 65.4 Å². The van der Waals surface area contributed by atoms with Crippen molar-refractivity contribution in [3.8, 4) is 0 Å². The van der Waals surface area contributed by atoms with Gasteiger partial charge in [-0.3, -0.25) is 14.2 Å². The quantitative estimate of drug-likeness (QED) is 0.131. The molecule has 3 aromatic rings. The van der Waals surface area contributed by atoms with E-state index in [1.54, 1.807) is 13.8 Å². The number of aromatic nitrogens is 2. The lowest BCUT2D eigenvalue weighted by Gasteiger charge is -2.64. The van der Waals surface area contributed by atoms with Crippen molar-refractivity contribution >= 4 is 36.4 Å². The Morgan fingerprint density at radius 3 is 2.47 bits per heavy atom. The highest BCUT2D eigenvalue weighted by atomic mass is 19.4. The molecular weight excluding hydrogens is 744 g/mol. The minimum absolute atomic E-state index is 0.0440. The van der Waals surface area contributed by atoms with Crippen molar-refractivity contribution < 1.29 is 41.6 Å². The van der Waals surface area contributed by atoms with Crippen molar-refractivity contribution in [2.24, 2.45) is 17.3 Å². The van der Waals surface area contributed by atoms with E-state index in [0.29, 0.717) is 29.5 Å². The van der Waals surface area contributed by atoms with Gasteiger partial charge in [-0.2, -0.15) is 13.2 Å². The van der Waals surface area contributed by atoms with E-state index in [1.165, 1.54) is 47.2 Å². The molecule has 4 N–H and O–H groups in total. The van der Waals surface area contributed by atoms with Crippen LogP contribution in [0.15, 0.2) is 59.5 Å². The van der Waals surface area contributed by atoms with Gasteiger partial charge in [0, 0.05) is 18.7 Å². The number of ether oxygens (including phenoxy) is 1. The maximum Gasteiger partial charge on any atom is 0.481 e. The van der Waals surface area contributed by atoms with E-state index in [4.69, 9.17) is 14.0 Å². The number of hydrogen-bond donors (Lipinski definition) is 4. The van der Waals surface area contributed by atoms with Crippen LogP contribution in [0.4, 0.5) is 29.3 Å². The Morgan fingerprint density at radius 2 is 1.81 bits per heavy atom. The molecule has 17 heteroatoms. The second-order valence-electron chi connectivity index (χ2n) is 16.5. The van der Waals surface area contributed by atoms with E-state index in [0.717, 1.165) is 25.0 Å². The molecule has 1 saturated heterocycles. The Balaban J connectivity index is 1.13. The molecule has 3 aliphatic carbocycles. The zero-order chi connectivity index (χ0) is 41.1. The number of anilines is 2. The number of alkyl halides is 3. The molecule has 7 atom stereocenters. The summed E-state index contributed by atoms with van der Waals surface area (Å²) in [5.74, 6) is -0.623. The maximum absolute atomic E-state index is 14.4. The fourth-order valence-corrected chi connectivity index (χ4v) is 9.26. The number of carbonyl (C=O) groups excluding carboxylic acids is 3. The Hall–Kier alpha value is -4.90. The molecule has 2 aliphatic heterocycles. The van der Waals surface area contributed by atoms with Crippen LogP contribution in [0.2, 0.25) is 0 Å². The SMILES string of the molecule is CCOC(=O)c1ccc(NC(=O)N[C@]2(C)C[C@@H](C(=O)N[C@@H](CC)B3O[C@@H]4C[C@@H]5C[C@@H](C5(C)C)[C@]4(C)O3)n3c2ncc(NCc2cccc(C(F)(F)F)c2)c3=O)cc1. The van der Waals surface area contributed by atoms with Crippen LogP contribution in [0.3, 0.4) is 0 Å². The van der Waals surface area contributed by atoms with Crippen molar-refractivity contribution in [1.29, 1.82) is 0 Å². The lowest BCUT2D eigenvalue weighted by Crippen LogP contribution is -2.65. The number of hydrogen-bond acceptors (Lipinski definition) is 9. The summed E-state index contributed by atoms with van der Waals surface area (Å²) in [5.41, 5.74) is -2.28. The fourth-order valence-electron chi connectivity index (χ4n) is 9.26. The summed E-state index contributed by atoms with van der Waals surface area (Å²) in [5, 5.41) is 11.6. The number of urea groups is 1. The molecule has 0 unspecified atom stereocenters. The molecule has 3 amide bonds. The van der Waals surface area contributed by atoms with Crippen molar-refractivity contribution in [3.05, 3.63) is 87.6 Å². The van der Waals surface area contributed by atoms with E-state index in [2.05, 4.69) is 47.0 Å². The molecule has 57 heavy (non-hydrogen) atoms. The molecular formula is C40H48BF3N6O7. The summed E-state index contributed by atoms with van der Waals surface area (Å²) in [4.78, 5) is 58.7. The van der Waals surface area contributed by atoms with E-state index in [-0.39, 0.29) is 48.2 Å². The molecule has 1 aromatic heterocycles. The van der Waals surface area contributed by atoms with Gasteiger partial charge in [-0.05, 0) is 99.2 Å². The van der Waals surface area contributed by atoms with Crippen molar-refractivity contribution in [1.82, 2.24) is 20.2 Å². The van der Waals surface area contributed by atoms with Crippen LogP contribution in [-0.4, -0.2) is 58.8 Å². The average Bonchev–Trinajstić information content (AvgIpc) is 3.67. The summed E-state index contributed by atoms with van der Waals surface area (Å²) >= 11 is 0. The summed E-state index contributed by atoms with van der Waals surface area (Å²) in [6, 6.07) is 9.03. The Bertz CT molecular complexity index is 2120. The predicted molar refractivity (Wildman–Crippen MR) is 205 cm³/mol. The fraction of sp³-hybridized carbons (Fsp3) is 0.525. The number of amides is 3. The zero-order valence-corrected chi connectivity index (χ0v) is 32.8. The average molecular weight is 793 g/mol. The number of benzene rings is 2. The topological polar surface area (TPSA) is 162 Å². The number of rotatable bonds is 11. The van der Waals surface area contributed by atoms with E-state index in [9.17, 15) is 32.3 Å². The first-order valence-corrected chi connectivity index (χ1v) is 19.4. The molecule has 3 saturated carbocycles. The third kappa shape index (κ3) is 7.39. The van der Waals surface area contributed by atoms with Gasteiger partial charge in [0.15, 0.2) is 0 Å². The highest BCUT2D eigenvalue weighted by Crippen LogP contribution is 2.65. The number of carbonyl (C=O) groups is 3. The smallest absolute Gasteiger partial charge is 0.462 e. The number of halogens is 3. The molecule has 5 aliphatic rings. The molecule has 0 spiro atoms. The Kier molecular flexibility index (Phi) is 10.5. The van der Waals surface area contributed by atoms with E-state index >= 15 is 0 Å². The first-order valence-electron chi connectivity index (χ1n) is 19.4. The highest BCUT2D eigenvalue weighted by molar-refractivity contribution is 6.47. The Labute approximate surface area is 329 Å². The number of nitrogens with one attached hydrogen (secondary N) is 4. The zero-order valence-electron chi connectivity index (χ0n) is 32.8. The van der Waals surface area contributed by atoms with Crippen molar-refractivity contribution in [2.75, 3.05) is 17.2 Å². The van der Waals surface area contributed by atoms with Gasteiger partial charge in [0.25, 0.3) is 5.56 Å². The summed E-state index contributed by atoms with van der Waals surface area (Å²) < 4.78 is 59.6. The second kappa shape index (κ2) is 14.8. The summed E-state index contributed by atoms with van der Waals surface area (Å²) in [6.07, 6.45) is -1.06. The lowest BCUT2D eigenvalue weighted by molar-refractivity contribution is -0.199. The van der Waals surface area contributed by atoms with Crippen LogP contribution >= 0.6 is 0 Å². The molecule has 0 radical (unpaired) electrons. The van der Waals surface area contributed by atoms with Crippen molar-refractivity contribution in [2.45, 2.75) is 109 Å². The minimum atomic E-state index is -4.54. The van der Waals surface area contributed by atoms with Gasteiger partial charge in [0.2, 0.25) is 5.91 Å². The monoisotopic (exact) mass is 792 g/mol. The van der Waals surface area contributed by atoms with Crippen LogP contribution < -0.4 is 26.8 Å². The molecule has 2 bridgehead atoms. The van der Waals surface area contributed by atoms with Gasteiger partial charge >= 0.3 is 25.3 Å². The van der Waals surface area contributed by atoms with Crippen LogP contribution in [0, 0.1) is 17.3 Å². The summed E-state index contributed by atoms with van der Waals surface area (Å²) in [7, 11) is -0.717. The van der Waals surface area contributed by atoms with Gasteiger partial charge in [0.05, 0.1) is 47.1 Å². The third-order valence-electron chi connectivity index (χ3n) is 12.5. The molecule has 3 heterocycles. The Morgan fingerprint density at radius 1 is 1.07 bits per heavy atom. The molecule has 13 nitrogen and oxygen atoms in total. The van der Waals surface area contributed by atoms with Crippen LogP contribution in [-0.2, 0) is 37.1 Å². The molecule has 4 fully saturated rings. The first kappa shape index (κ1) is 40.3. The largest absolute Gasteiger partial charge is 0.481 e. The molecule has 304 valence electrons. The van der Waals surface area contributed by atoms with Crippen LogP contribution in [0.5, 0.6) is 0 Å². The summed E-state index contributed by atoms with van der Waals surface area (Å²) in [6.45, 7) is 12.0. The minimum Gasteiger partial charge on any atom is -0.462 e. The highest BCUT2D eigenvalue weighted by Gasteiger charge is 2.68. The second-order valence-corrected chi connectivity index (χ2v) is 16.5. The number of fused-ring (bicyclic) bond motifs is 1. The third-order valence-corrected chi connectivity index (χ3v) is 12.5. The van der Waals surface area contributed by atoms with Crippen LogP contribution in [0.25, 0.3) is 0 Å². The molecule has 8 rings (SSSR count). The lowest BCUT2D eigenvalue weighted by atomic mass is 9.43. The maximum atomic E-state index is 14.4. The van der Waals surface area contributed by atoms with Gasteiger partial charge in [-0.25, -0.2) is 14.6 Å². The predicted octanol–water partition coefficient (Wildman–Crippen LogP) is 6.19. The number of esters is 1. The van der Waals surface area contributed by atoms with E-state index in [1.807, 2.05) is 6.92 Å². The normalized spacial score (nSPS) is 27.4. The van der Waals surface area contributed by atoms with Gasteiger partial charge in [0.1, 0.15) is 17.6 Å². The van der Waals surface area contributed by atoms with Crippen LogP contribution in [0.1, 0.15) is 101 Å².